The van der Waals surface area contributed by atoms with Crippen molar-refractivity contribution in [3.63, 3.8) is 0 Å². The molecule has 2 rings (SSSR count). The summed E-state index contributed by atoms with van der Waals surface area (Å²) in [6, 6.07) is 7.47. The molecular formula is C11H9Cl2N3. The van der Waals surface area contributed by atoms with Gasteiger partial charge in [-0.05, 0) is 23.6 Å². The Morgan fingerprint density at radius 3 is 2.88 bits per heavy atom. The molecule has 1 heterocycles. The van der Waals surface area contributed by atoms with Crippen molar-refractivity contribution >= 4 is 45.5 Å². The van der Waals surface area contributed by atoms with Crippen LogP contribution in [0.3, 0.4) is 0 Å². The van der Waals surface area contributed by atoms with E-state index in [0.29, 0.717) is 11.0 Å². The lowest BCUT2D eigenvalue weighted by molar-refractivity contribution is 1.36. The molecule has 0 unspecified atom stereocenters. The summed E-state index contributed by atoms with van der Waals surface area (Å²) in [7, 11) is 0. The average Bonchev–Trinajstić information content (AvgIpc) is 2.29. The molecule has 0 spiro atoms. The first-order chi connectivity index (χ1) is 7.69. The van der Waals surface area contributed by atoms with E-state index in [9.17, 15) is 0 Å². The van der Waals surface area contributed by atoms with Gasteiger partial charge in [0.05, 0.1) is 11.6 Å². The SMILES string of the molecule is NC(CCl)=Nc1ccc2cc(Cl)ncc2c1. The number of halogens is 2. The van der Waals surface area contributed by atoms with Crippen LogP contribution in [-0.4, -0.2) is 16.7 Å². The molecule has 0 amide bonds. The van der Waals surface area contributed by atoms with Gasteiger partial charge in [-0.2, -0.15) is 0 Å². The summed E-state index contributed by atoms with van der Waals surface area (Å²) < 4.78 is 0. The smallest absolute Gasteiger partial charge is 0.129 e. The third kappa shape index (κ3) is 2.43. The maximum absolute atomic E-state index is 5.79. The van der Waals surface area contributed by atoms with Crippen LogP contribution >= 0.6 is 23.2 Å². The fourth-order valence-electron chi connectivity index (χ4n) is 1.37. The number of alkyl halides is 1. The predicted octanol–water partition coefficient (Wildman–Crippen LogP) is 3.12. The van der Waals surface area contributed by atoms with Crippen molar-refractivity contribution < 1.29 is 0 Å². The summed E-state index contributed by atoms with van der Waals surface area (Å²) in [5, 5.41) is 2.46. The third-order valence-electron chi connectivity index (χ3n) is 2.08. The third-order valence-corrected chi connectivity index (χ3v) is 2.56. The lowest BCUT2D eigenvalue weighted by Gasteiger charge is -2.00. The van der Waals surface area contributed by atoms with Crippen molar-refractivity contribution in [1.82, 2.24) is 4.98 Å². The number of aliphatic imine (C=N–C) groups is 1. The van der Waals surface area contributed by atoms with Crippen molar-refractivity contribution in [2.75, 3.05) is 5.88 Å². The summed E-state index contributed by atoms with van der Waals surface area (Å²) in [6.45, 7) is 0. The Morgan fingerprint density at radius 2 is 2.12 bits per heavy atom. The Kier molecular flexibility index (Phi) is 3.27. The molecule has 5 heteroatoms. The Labute approximate surface area is 103 Å². The van der Waals surface area contributed by atoms with Gasteiger partial charge in [-0.25, -0.2) is 9.98 Å². The molecular weight excluding hydrogens is 245 g/mol. The van der Waals surface area contributed by atoms with E-state index in [1.807, 2.05) is 18.2 Å². The first-order valence-electron chi connectivity index (χ1n) is 4.63. The van der Waals surface area contributed by atoms with E-state index in [0.717, 1.165) is 16.5 Å². The van der Waals surface area contributed by atoms with E-state index in [1.54, 1.807) is 12.3 Å². The van der Waals surface area contributed by atoms with Crippen molar-refractivity contribution in [2.24, 2.45) is 10.7 Å². The van der Waals surface area contributed by atoms with Crippen molar-refractivity contribution in [1.29, 1.82) is 0 Å². The maximum atomic E-state index is 5.79. The quantitative estimate of drug-likeness (QED) is 0.387. The van der Waals surface area contributed by atoms with Crippen molar-refractivity contribution in [3.05, 3.63) is 35.6 Å². The minimum Gasteiger partial charge on any atom is -0.386 e. The van der Waals surface area contributed by atoms with E-state index in [1.165, 1.54) is 0 Å². The second-order valence-electron chi connectivity index (χ2n) is 3.28. The molecule has 3 nitrogen and oxygen atoms in total. The zero-order chi connectivity index (χ0) is 11.5. The van der Waals surface area contributed by atoms with Gasteiger partial charge in [-0.3, -0.25) is 0 Å². The van der Waals surface area contributed by atoms with Crippen LogP contribution in [0.2, 0.25) is 5.15 Å². The van der Waals surface area contributed by atoms with Crippen LogP contribution in [0.5, 0.6) is 0 Å². The van der Waals surface area contributed by atoms with Gasteiger partial charge in [-0.15, -0.1) is 11.6 Å². The van der Waals surface area contributed by atoms with E-state index < -0.39 is 0 Å². The largest absolute Gasteiger partial charge is 0.386 e. The highest BCUT2D eigenvalue weighted by Gasteiger charge is 1.98. The zero-order valence-corrected chi connectivity index (χ0v) is 9.83. The summed E-state index contributed by atoms with van der Waals surface area (Å²) in [5.74, 6) is 0.611. The minimum atomic E-state index is 0.219. The van der Waals surface area contributed by atoms with Gasteiger partial charge in [0.2, 0.25) is 0 Å². The van der Waals surface area contributed by atoms with Crippen LogP contribution in [0.1, 0.15) is 0 Å². The molecule has 0 aliphatic heterocycles. The first-order valence-corrected chi connectivity index (χ1v) is 5.54. The number of pyridine rings is 1. The van der Waals surface area contributed by atoms with Gasteiger partial charge in [0, 0.05) is 11.6 Å². The van der Waals surface area contributed by atoms with Crippen LogP contribution in [0.25, 0.3) is 10.8 Å². The van der Waals surface area contributed by atoms with Gasteiger partial charge in [0.15, 0.2) is 0 Å². The topological polar surface area (TPSA) is 51.3 Å². The van der Waals surface area contributed by atoms with Crippen molar-refractivity contribution in [3.8, 4) is 0 Å². The fourth-order valence-corrected chi connectivity index (χ4v) is 1.59. The van der Waals surface area contributed by atoms with Gasteiger partial charge in [-0.1, -0.05) is 17.7 Å². The minimum absolute atomic E-state index is 0.219. The number of nitrogens with two attached hydrogens (primary N) is 1. The molecule has 2 aromatic rings. The van der Waals surface area contributed by atoms with Gasteiger partial charge in [0.1, 0.15) is 11.0 Å². The Hall–Kier alpha value is -1.32. The molecule has 1 aromatic carbocycles. The average molecular weight is 254 g/mol. The molecule has 2 N–H and O–H groups in total. The molecule has 0 fully saturated rings. The summed E-state index contributed by atoms with van der Waals surface area (Å²) >= 11 is 11.3. The summed E-state index contributed by atoms with van der Waals surface area (Å²) in [5.41, 5.74) is 6.31. The van der Waals surface area contributed by atoms with E-state index in [4.69, 9.17) is 28.9 Å². The highest BCUT2D eigenvalue weighted by atomic mass is 35.5. The number of benzene rings is 1. The summed E-state index contributed by atoms with van der Waals surface area (Å²) in [4.78, 5) is 8.16. The van der Waals surface area contributed by atoms with Crippen molar-refractivity contribution in [2.45, 2.75) is 0 Å². The van der Waals surface area contributed by atoms with Crippen LogP contribution in [-0.2, 0) is 0 Å². The molecule has 0 radical (unpaired) electrons. The molecule has 0 saturated heterocycles. The highest BCUT2D eigenvalue weighted by molar-refractivity contribution is 6.30. The maximum Gasteiger partial charge on any atom is 0.129 e. The van der Waals surface area contributed by atoms with Gasteiger partial charge in [0.25, 0.3) is 0 Å². The normalized spacial score (nSPS) is 12.0. The standard InChI is InChI=1S/C11H9Cl2N3/c12-5-11(14)16-9-2-1-7-4-10(13)15-6-8(7)3-9/h1-4,6H,5H2,(H2,14,16). The molecule has 16 heavy (non-hydrogen) atoms. The van der Waals surface area contributed by atoms with Gasteiger partial charge < -0.3 is 5.73 Å². The highest BCUT2D eigenvalue weighted by Crippen LogP contribution is 2.22. The van der Waals surface area contributed by atoms with Gasteiger partial charge >= 0.3 is 0 Å². The fraction of sp³-hybridized carbons (Fsp3) is 0.0909. The van der Waals surface area contributed by atoms with Crippen LogP contribution in [0.15, 0.2) is 35.5 Å². The Balaban J connectivity index is 2.48. The summed E-state index contributed by atoms with van der Waals surface area (Å²) in [6.07, 6.45) is 1.70. The molecule has 0 bridgehead atoms. The molecule has 0 saturated carbocycles. The van der Waals surface area contributed by atoms with Crippen LogP contribution < -0.4 is 5.73 Å². The number of rotatable bonds is 2. The molecule has 0 aliphatic rings. The first kappa shape index (κ1) is 11.2. The van der Waals surface area contributed by atoms with Crippen LogP contribution in [0, 0.1) is 0 Å². The number of hydrogen-bond donors (Lipinski definition) is 1. The van der Waals surface area contributed by atoms with E-state index >= 15 is 0 Å². The number of amidine groups is 1. The second-order valence-corrected chi connectivity index (χ2v) is 3.93. The Bertz CT molecular complexity index is 552. The number of hydrogen-bond acceptors (Lipinski definition) is 2. The predicted molar refractivity (Wildman–Crippen MR) is 68.8 cm³/mol. The monoisotopic (exact) mass is 253 g/mol. The second kappa shape index (κ2) is 4.68. The zero-order valence-electron chi connectivity index (χ0n) is 8.32. The number of fused-ring (bicyclic) bond motifs is 1. The molecule has 0 aliphatic carbocycles. The molecule has 82 valence electrons. The Morgan fingerprint density at radius 1 is 1.31 bits per heavy atom. The number of aromatic nitrogens is 1. The lowest BCUT2D eigenvalue weighted by Crippen LogP contribution is -2.12. The van der Waals surface area contributed by atoms with E-state index in [-0.39, 0.29) is 5.88 Å². The molecule has 1 aromatic heterocycles. The van der Waals surface area contributed by atoms with Crippen LogP contribution in [0.4, 0.5) is 5.69 Å². The van der Waals surface area contributed by atoms with E-state index in [2.05, 4.69) is 9.98 Å². The lowest BCUT2D eigenvalue weighted by atomic mass is 10.1. The molecule has 0 atom stereocenters. The number of nitrogens with zero attached hydrogens (tertiary/aromatic N) is 2.